The number of carbonyl (C=O) groups is 2. The van der Waals surface area contributed by atoms with Gasteiger partial charge in [-0.15, -0.1) is 0 Å². The van der Waals surface area contributed by atoms with Crippen molar-refractivity contribution in [3.63, 3.8) is 0 Å². The third kappa shape index (κ3) is 3.35. The Balaban J connectivity index is 2.03. The predicted molar refractivity (Wildman–Crippen MR) is 86.8 cm³/mol. The molecule has 0 bridgehead atoms. The van der Waals surface area contributed by atoms with Gasteiger partial charge in [0.1, 0.15) is 11.5 Å². The lowest BCUT2D eigenvalue weighted by Gasteiger charge is -2.09. The molecule has 0 radical (unpaired) electrons. The number of carbonyl (C=O) groups excluding carboxylic acids is 1. The third-order valence-corrected chi connectivity index (χ3v) is 3.39. The highest BCUT2D eigenvalue weighted by Crippen LogP contribution is 2.31. The second-order valence-electron chi connectivity index (χ2n) is 4.95. The van der Waals surface area contributed by atoms with Gasteiger partial charge in [0, 0.05) is 5.56 Å². The molecule has 1 heterocycles. The fourth-order valence-electron chi connectivity index (χ4n) is 2.27. The fourth-order valence-corrected chi connectivity index (χ4v) is 2.27. The Morgan fingerprint density at radius 2 is 1.84 bits per heavy atom. The Kier molecular flexibility index (Phi) is 4.47. The fraction of sp³-hybridized carbons (Fsp3) is 0.0556. The van der Waals surface area contributed by atoms with E-state index in [-0.39, 0.29) is 22.6 Å². The van der Waals surface area contributed by atoms with Gasteiger partial charge in [0.25, 0.3) is 0 Å². The highest BCUT2D eigenvalue weighted by Gasteiger charge is 2.23. The SMILES string of the molecule is COC(=O)c1ncoc1-c1ccc(Oc2ccccc2)cc1C(=O)O. The second kappa shape index (κ2) is 6.88. The highest BCUT2D eigenvalue weighted by molar-refractivity contribution is 6.00. The Hall–Kier alpha value is -3.61. The Morgan fingerprint density at radius 3 is 2.52 bits per heavy atom. The molecule has 0 aliphatic rings. The van der Waals surface area contributed by atoms with Gasteiger partial charge in [0.05, 0.1) is 12.7 Å². The van der Waals surface area contributed by atoms with E-state index in [9.17, 15) is 14.7 Å². The van der Waals surface area contributed by atoms with Crippen molar-refractivity contribution in [1.29, 1.82) is 0 Å². The summed E-state index contributed by atoms with van der Waals surface area (Å²) >= 11 is 0. The van der Waals surface area contributed by atoms with Crippen molar-refractivity contribution in [1.82, 2.24) is 4.98 Å². The standard InChI is InChI=1S/C18H13NO6/c1-23-18(22)15-16(24-10-19-15)13-8-7-12(9-14(13)17(20)21)25-11-5-3-2-4-6-11/h2-10H,1H3,(H,20,21). The number of carboxylic acids is 1. The van der Waals surface area contributed by atoms with Crippen molar-refractivity contribution < 1.29 is 28.6 Å². The van der Waals surface area contributed by atoms with Gasteiger partial charge < -0.3 is 19.0 Å². The number of aromatic nitrogens is 1. The first kappa shape index (κ1) is 16.3. The number of oxazole rings is 1. The zero-order valence-electron chi connectivity index (χ0n) is 13.1. The molecule has 2 aromatic carbocycles. The molecule has 0 atom stereocenters. The molecule has 0 saturated carbocycles. The first-order valence-corrected chi connectivity index (χ1v) is 7.22. The maximum absolute atomic E-state index is 11.7. The lowest BCUT2D eigenvalue weighted by atomic mass is 10.0. The van der Waals surface area contributed by atoms with E-state index in [2.05, 4.69) is 9.72 Å². The lowest BCUT2D eigenvalue weighted by molar-refractivity contribution is 0.0593. The second-order valence-corrected chi connectivity index (χ2v) is 4.95. The van der Waals surface area contributed by atoms with Crippen LogP contribution in [0.2, 0.25) is 0 Å². The number of ether oxygens (including phenoxy) is 2. The molecule has 0 spiro atoms. The van der Waals surface area contributed by atoms with Crippen molar-refractivity contribution in [2.24, 2.45) is 0 Å². The minimum Gasteiger partial charge on any atom is -0.478 e. The summed E-state index contributed by atoms with van der Waals surface area (Å²) in [5.41, 5.74) is 0.0165. The zero-order valence-corrected chi connectivity index (χ0v) is 13.1. The van der Waals surface area contributed by atoms with E-state index < -0.39 is 11.9 Å². The van der Waals surface area contributed by atoms with Crippen LogP contribution in [-0.2, 0) is 4.74 Å². The molecule has 7 nitrogen and oxygen atoms in total. The summed E-state index contributed by atoms with van der Waals surface area (Å²) in [6.45, 7) is 0. The van der Waals surface area contributed by atoms with Gasteiger partial charge in [-0.3, -0.25) is 0 Å². The summed E-state index contributed by atoms with van der Waals surface area (Å²) < 4.78 is 15.5. The van der Waals surface area contributed by atoms with Crippen LogP contribution in [0.1, 0.15) is 20.8 Å². The van der Waals surface area contributed by atoms with Crippen molar-refractivity contribution in [3.8, 4) is 22.8 Å². The predicted octanol–water partition coefficient (Wildman–Crippen LogP) is 3.62. The molecule has 3 rings (SSSR count). The molecule has 0 amide bonds. The number of aromatic carboxylic acids is 1. The minimum atomic E-state index is -1.19. The maximum atomic E-state index is 11.7. The first-order valence-electron chi connectivity index (χ1n) is 7.22. The molecule has 0 aliphatic heterocycles. The van der Waals surface area contributed by atoms with Crippen molar-refractivity contribution >= 4 is 11.9 Å². The molecule has 25 heavy (non-hydrogen) atoms. The van der Waals surface area contributed by atoms with E-state index in [0.717, 1.165) is 6.39 Å². The van der Waals surface area contributed by atoms with Crippen molar-refractivity contribution in [2.45, 2.75) is 0 Å². The molecule has 0 aliphatic carbocycles. The lowest BCUT2D eigenvalue weighted by Crippen LogP contribution is -2.06. The van der Waals surface area contributed by atoms with Crippen LogP contribution in [0.4, 0.5) is 0 Å². The minimum absolute atomic E-state index is 0.0236. The van der Waals surface area contributed by atoms with E-state index in [0.29, 0.717) is 11.5 Å². The summed E-state index contributed by atoms with van der Waals surface area (Å²) in [5, 5.41) is 9.51. The van der Waals surface area contributed by atoms with E-state index >= 15 is 0 Å². The number of hydrogen-bond acceptors (Lipinski definition) is 6. The van der Waals surface area contributed by atoms with Crippen molar-refractivity contribution in [2.75, 3.05) is 7.11 Å². The van der Waals surface area contributed by atoms with Crippen LogP contribution >= 0.6 is 0 Å². The molecule has 0 saturated heterocycles. The molecular weight excluding hydrogens is 326 g/mol. The van der Waals surface area contributed by atoms with E-state index in [1.165, 1.54) is 19.2 Å². The summed E-state index contributed by atoms with van der Waals surface area (Å²) in [6, 6.07) is 13.4. The first-order chi connectivity index (χ1) is 12.1. The number of rotatable bonds is 5. The molecule has 3 aromatic rings. The topological polar surface area (TPSA) is 98.9 Å². The molecule has 0 unspecified atom stereocenters. The number of hydrogen-bond donors (Lipinski definition) is 1. The summed E-state index contributed by atoms with van der Waals surface area (Å²) in [5.74, 6) is -0.978. The van der Waals surface area contributed by atoms with E-state index in [1.807, 2.05) is 6.07 Å². The summed E-state index contributed by atoms with van der Waals surface area (Å²) in [7, 11) is 1.20. The summed E-state index contributed by atoms with van der Waals surface area (Å²) in [6.07, 6.45) is 1.06. The van der Waals surface area contributed by atoms with Crippen LogP contribution < -0.4 is 4.74 Å². The number of benzene rings is 2. The smallest absolute Gasteiger partial charge is 0.360 e. The summed E-state index contributed by atoms with van der Waals surface area (Å²) in [4.78, 5) is 27.2. The van der Waals surface area contributed by atoms with Gasteiger partial charge in [-0.1, -0.05) is 18.2 Å². The average molecular weight is 339 g/mol. The number of esters is 1. The maximum Gasteiger partial charge on any atom is 0.360 e. The van der Waals surface area contributed by atoms with Gasteiger partial charge in [-0.25, -0.2) is 14.6 Å². The molecule has 126 valence electrons. The number of methoxy groups -OCH3 is 1. The number of nitrogens with zero attached hydrogens (tertiary/aromatic N) is 1. The zero-order chi connectivity index (χ0) is 17.8. The van der Waals surface area contributed by atoms with Gasteiger partial charge in [0.2, 0.25) is 0 Å². The van der Waals surface area contributed by atoms with Gasteiger partial charge >= 0.3 is 11.9 Å². The third-order valence-electron chi connectivity index (χ3n) is 3.39. The van der Waals surface area contributed by atoms with E-state index in [1.54, 1.807) is 30.3 Å². The van der Waals surface area contributed by atoms with Crippen LogP contribution in [0.25, 0.3) is 11.3 Å². The number of carboxylic acid groups (broad SMARTS) is 1. The molecule has 1 N–H and O–H groups in total. The quantitative estimate of drug-likeness (QED) is 0.709. The highest BCUT2D eigenvalue weighted by atomic mass is 16.5. The largest absolute Gasteiger partial charge is 0.478 e. The van der Waals surface area contributed by atoms with Gasteiger partial charge in [-0.05, 0) is 30.3 Å². The molecule has 7 heteroatoms. The van der Waals surface area contributed by atoms with Crippen LogP contribution in [0.5, 0.6) is 11.5 Å². The molecule has 0 fully saturated rings. The van der Waals surface area contributed by atoms with Crippen LogP contribution in [0, 0.1) is 0 Å². The normalized spacial score (nSPS) is 10.3. The Bertz CT molecular complexity index is 916. The van der Waals surface area contributed by atoms with Crippen molar-refractivity contribution in [3.05, 3.63) is 66.2 Å². The van der Waals surface area contributed by atoms with Gasteiger partial charge in [-0.2, -0.15) is 0 Å². The van der Waals surface area contributed by atoms with Crippen LogP contribution in [0.15, 0.2) is 59.3 Å². The van der Waals surface area contributed by atoms with Crippen LogP contribution in [-0.4, -0.2) is 29.1 Å². The van der Waals surface area contributed by atoms with E-state index in [4.69, 9.17) is 9.15 Å². The number of para-hydroxylation sites is 1. The molecule has 1 aromatic heterocycles. The average Bonchev–Trinajstić information content (AvgIpc) is 3.11. The Morgan fingerprint density at radius 1 is 1.08 bits per heavy atom. The van der Waals surface area contributed by atoms with Crippen LogP contribution in [0.3, 0.4) is 0 Å². The molecular formula is C18H13NO6. The Labute approximate surface area is 142 Å². The van der Waals surface area contributed by atoms with Gasteiger partial charge in [0.15, 0.2) is 17.8 Å². The monoisotopic (exact) mass is 339 g/mol.